The fourth-order valence-electron chi connectivity index (χ4n) is 9.80. The number of hydrogen-bond acceptors (Lipinski definition) is 6. The maximum atomic E-state index is 13.2. The summed E-state index contributed by atoms with van der Waals surface area (Å²) in [6, 6.07) is 5.45. The topological polar surface area (TPSA) is 153 Å². The van der Waals surface area contributed by atoms with Gasteiger partial charge in [0.2, 0.25) is 5.91 Å². The molecule has 4 aliphatic carbocycles. The molecule has 3 fully saturated rings. The van der Waals surface area contributed by atoms with Crippen LogP contribution in [0.25, 0.3) is 10.9 Å². The summed E-state index contributed by atoms with van der Waals surface area (Å²) in [6.07, 6.45) is 17.3. The first kappa shape index (κ1) is 34.8. The zero-order valence-corrected chi connectivity index (χ0v) is 29.1. The largest absolute Gasteiger partial charge is 0.480 e. The predicted octanol–water partition coefficient (Wildman–Crippen LogP) is 5.12. The van der Waals surface area contributed by atoms with Gasteiger partial charge in [0.25, 0.3) is 5.91 Å². The molecule has 0 unspecified atom stereocenters. The minimum atomic E-state index is -1.17. The third kappa shape index (κ3) is 6.27. The van der Waals surface area contributed by atoms with E-state index in [1.807, 2.05) is 24.3 Å². The molecule has 0 bridgehead atoms. The number of allylic oxidation sites excluding steroid dienone is 2. The van der Waals surface area contributed by atoms with Crippen molar-refractivity contribution in [3.63, 3.8) is 0 Å². The molecule has 8 atom stereocenters. The highest BCUT2D eigenvalue weighted by Gasteiger charge is 2.63. The lowest BCUT2D eigenvalue weighted by Gasteiger charge is -2.58. The number of nitrogens with zero attached hydrogens (tertiary/aromatic N) is 1. The predicted molar refractivity (Wildman–Crippen MR) is 187 cm³/mol. The van der Waals surface area contributed by atoms with Crippen LogP contribution in [0.4, 0.5) is 0 Å². The summed E-state index contributed by atoms with van der Waals surface area (Å²) in [5, 5.41) is 31.7. The maximum absolute atomic E-state index is 13.2. The summed E-state index contributed by atoms with van der Waals surface area (Å²) >= 11 is 0. The number of benzene rings is 1. The van der Waals surface area contributed by atoms with Crippen LogP contribution in [0.2, 0.25) is 0 Å². The van der Waals surface area contributed by atoms with Crippen molar-refractivity contribution in [3.8, 4) is 12.3 Å². The molecule has 1 heterocycles. The van der Waals surface area contributed by atoms with Crippen LogP contribution in [0, 0.1) is 46.8 Å². The molecule has 5 N–H and O–H groups in total. The quantitative estimate of drug-likeness (QED) is 0.175. The van der Waals surface area contributed by atoms with Crippen LogP contribution in [0.15, 0.2) is 47.3 Å². The van der Waals surface area contributed by atoms with Crippen LogP contribution >= 0.6 is 0 Å². The van der Waals surface area contributed by atoms with Gasteiger partial charge in [0, 0.05) is 28.9 Å². The smallest absolute Gasteiger partial charge is 0.326 e. The number of rotatable bonds is 10. The van der Waals surface area contributed by atoms with Crippen molar-refractivity contribution in [1.29, 1.82) is 0 Å². The van der Waals surface area contributed by atoms with E-state index >= 15 is 0 Å². The van der Waals surface area contributed by atoms with Gasteiger partial charge in [0.05, 0.1) is 5.71 Å². The Morgan fingerprint density at radius 1 is 1.08 bits per heavy atom. The summed E-state index contributed by atoms with van der Waals surface area (Å²) in [6.45, 7) is 7.81. The van der Waals surface area contributed by atoms with Crippen LogP contribution in [-0.4, -0.2) is 63.0 Å². The van der Waals surface area contributed by atoms with Crippen LogP contribution in [0.1, 0.15) is 84.6 Å². The number of aromatic nitrogens is 1. The highest BCUT2D eigenvalue weighted by Crippen LogP contribution is 2.67. The normalized spacial score (nSPS) is 32.6. The maximum Gasteiger partial charge on any atom is 0.326 e. The van der Waals surface area contributed by atoms with Crippen molar-refractivity contribution in [2.45, 2.75) is 103 Å². The number of nitrogens with one attached hydrogen (secondary N) is 3. The highest BCUT2D eigenvalue weighted by molar-refractivity contribution is 5.96. The number of carbonyl (C=O) groups is 3. The monoisotopic (exact) mass is 670 g/mol. The van der Waals surface area contributed by atoms with E-state index in [1.165, 1.54) is 5.57 Å². The summed E-state index contributed by atoms with van der Waals surface area (Å²) < 4.78 is 0. The van der Waals surface area contributed by atoms with Gasteiger partial charge < -0.3 is 30.7 Å². The Morgan fingerprint density at radius 3 is 2.57 bits per heavy atom. The number of oxime groups is 1. The van der Waals surface area contributed by atoms with Gasteiger partial charge in [-0.1, -0.05) is 62.5 Å². The van der Waals surface area contributed by atoms with Crippen molar-refractivity contribution in [2.24, 2.45) is 39.7 Å². The second-order valence-electron chi connectivity index (χ2n) is 15.6. The van der Waals surface area contributed by atoms with Crippen molar-refractivity contribution in [2.75, 3.05) is 6.61 Å². The van der Waals surface area contributed by atoms with Crippen LogP contribution < -0.4 is 10.6 Å². The van der Waals surface area contributed by atoms with Gasteiger partial charge >= 0.3 is 5.97 Å². The first-order valence-corrected chi connectivity index (χ1v) is 17.8. The average Bonchev–Trinajstić information content (AvgIpc) is 3.60. The molecule has 0 saturated heterocycles. The van der Waals surface area contributed by atoms with Gasteiger partial charge in [0.15, 0.2) is 6.61 Å². The fraction of sp³-hybridized carbons (Fsp3) is 0.590. The molecule has 0 spiro atoms. The zero-order valence-electron chi connectivity index (χ0n) is 29.1. The average molecular weight is 671 g/mol. The van der Waals surface area contributed by atoms with E-state index in [1.54, 1.807) is 20.0 Å². The second kappa shape index (κ2) is 13.3. The minimum absolute atomic E-state index is 0.0668. The van der Waals surface area contributed by atoms with Crippen LogP contribution in [-0.2, 0) is 25.6 Å². The molecule has 2 amide bonds. The summed E-state index contributed by atoms with van der Waals surface area (Å²) in [7, 11) is 0. The molecule has 1 aromatic heterocycles. The Balaban J connectivity index is 1.04. The van der Waals surface area contributed by atoms with Crippen LogP contribution in [0.3, 0.4) is 0 Å². The minimum Gasteiger partial charge on any atom is -0.480 e. The first-order chi connectivity index (χ1) is 23.3. The molecule has 10 heteroatoms. The second-order valence-corrected chi connectivity index (χ2v) is 15.6. The molecule has 262 valence electrons. The molecule has 0 aliphatic heterocycles. The molecular weight excluding hydrogens is 620 g/mol. The van der Waals surface area contributed by atoms with Gasteiger partial charge in [-0.05, 0) is 98.2 Å². The van der Waals surface area contributed by atoms with Gasteiger partial charge in [-0.2, -0.15) is 0 Å². The lowest BCUT2D eigenvalue weighted by molar-refractivity contribution is -0.142. The third-order valence-electron chi connectivity index (χ3n) is 12.7. The Bertz CT molecular complexity index is 1720. The Hall–Kier alpha value is -4.10. The van der Waals surface area contributed by atoms with E-state index in [4.69, 9.17) is 11.3 Å². The summed E-state index contributed by atoms with van der Waals surface area (Å²) in [5.74, 6) is 1.76. The van der Waals surface area contributed by atoms with Crippen molar-refractivity contribution >= 4 is 34.4 Å². The number of carbonyl (C=O) groups excluding carboxylic acids is 2. The molecule has 2 aromatic rings. The lowest BCUT2D eigenvalue weighted by atomic mass is 9.46. The van der Waals surface area contributed by atoms with Crippen LogP contribution in [0.5, 0.6) is 0 Å². The Labute approximate surface area is 288 Å². The summed E-state index contributed by atoms with van der Waals surface area (Å²) in [5.41, 5.74) is 2.70. The molecule has 1 aromatic carbocycles. The van der Waals surface area contributed by atoms with E-state index in [-0.39, 0.29) is 29.8 Å². The van der Waals surface area contributed by atoms with E-state index in [2.05, 4.69) is 46.6 Å². The number of amides is 2. The number of aliphatic carboxylic acids is 1. The zero-order chi connectivity index (χ0) is 35.1. The molecule has 6 rings (SSSR count). The molecule has 4 aliphatic rings. The number of H-pyrrole nitrogens is 1. The SMILES string of the molecule is C#C[C@@]1(O)CC[C@@H]2[C@@H]3CCC4=CC(=NOCC(=O)N[C@H](C(=O)N[C@@H](Cc5c[nH]c6ccccc56)C(=O)O)C(C)C)CC[C@]4(C)[C@H]3CC[C@@]21C. The molecule has 0 radical (unpaired) electrons. The Kier molecular flexibility index (Phi) is 9.44. The number of para-hydroxylation sites is 1. The van der Waals surface area contributed by atoms with Crippen molar-refractivity contribution in [1.82, 2.24) is 15.6 Å². The number of carboxylic acids is 1. The number of hydrogen-bond donors (Lipinski definition) is 5. The van der Waals surface area contributed by atoms with E-state index in [0.717, 1.165) is 67.1 Å². The van der Waals surface area contributed by atoms with E-state index < -0.39 is 35.5 Å². The van der Waals surface area contributed by atoms with Gasteiger partial charge in [-0.3, -0.25) is 9.59 Å². The Morgan fingerprint density at radius 2 is 1.84 bits per heavy atom. The third-order valence-corrected chi connectivity index (χ3v) is 12.7. The number of carboxylic acid groups (broad SMARTS) is 1. The first-order valence-electron chi connectivity index (χ1n) is 17.8. The fourth-order valence-corrected chi connectivity index (χ4v) is 9.80. The molecular formula is C39H50N4O6. The van der Waals surface area contributed by atoms with Gasteiger partial charge in [-0.25, -0.2) is 4.79 Å². The molecule has 10 nitrogen and oxygen atoms in total. The number of aliphatic hydroxyl groups is 1. The number of fused-ring (bicyclic) bond motifs is 6. The lowest BCUT2D eigenvalue weighted by Crippen LogP contribution is -2.54. The van der Waals surface area contributed by atoms with Gasteiger partial charge in [-0.15, -0.1) is 6.42 Å². The molecule has 3 saturated carbocycles. The standard InChI is InChI=1S/C39H50N4O6/c1-6-39(48)18-15-30-28-12-11-25-20-26(13-16-37(25,4)29(28)14-17-38(30,39)5)43-49-22-33(44)42-34(23(2)3)35(45)41-32(36(46)47)19-24-21-40-31-10-8-7-9-27(24)31/h1,7-10,20-21,23,28-30,32,34,40,48H,11-19,22H2,2-5H3,(H,41,45)(H,42,44)(H,46,47)/t28-,29+,30-,32+,34+,37+,38+,39-/m1/s1. The number of terminal acetylenes is 1. The van der Waals surface area contributed by atoms with E-state index in [0.29, 0.717) is 24.2 Å². The van der Waals surface area contributed by atoms with E-state index in [9.17, 15) is 24.6 Å². The highest BCUT2D eigenvalue weighted by atomic mass is 16.6. The van der Waals surface area contributed by atoms with Gasteiger partial charge in [0.1, 0.15) is 17.7 Å². The number of aromatic amines is 1. The van der Waals surface area contributed by atoms with Crippen molar-refractivity contribution < 1.29 is 29.4 Å². The molecule has 49 heavy (non-hydrogen) atoms. The summed E-state index contributed by atoms with van der Waals surface area (Å²) in [4.78, 5) is 46.9. The van der Waals surface area contributed by atoms with Crippen molar-refractivity contribution in [3.05, 3.63) is 47.7 Å².